The molecule has 2 rings (SSSR count). The maximum Gasteiger partial charge on any atom is 0.344 e. The zero-order valence-electron chi connectivity index (χ0n) is 10.2. The fourth-order valence-corrected chi connectivity index (χ4v) is 2.83. The first-order chi connectivity index (χ1) is 9.29. The third-order valence-corrected chi connectivity index (χ3v) is 4.76. The number of rotatable bonds is 4. The van der Waals surface area contributed by atoms with Gasteiger partial charge in [-0.3, -0.25) is 9.59 Å². The second-order valence-electron chi connectivity index (χ2n) is 3.88. The van der Waals surface area contributed by atoms with Crippen LogP contribution >= 0.6 is 10.8 Å². The molecule has 0 bridgehead atoms. The fraction of sp³-hybridized carbons (Fsp3) is 0.182. The van der Waals surface area contributed by atoms with Gasteiger partial charge in [-0.25, -0.2) is 13.2 Å². The number of hydrogen-bond acceptors (Lipinski definition) is 7. The van der Waals surface area contributed by atoms with Crippen LogP contribution < -0.4 is 0 Å². The van der Waals surface area contributed by atoms with Crippen molar-refractivity contribution in [3.05, 3.63) is 35.4 Å². The normalized spacial score (nSPS) is 14.3. The lowest BCUT2D eigenvalue weighted by molar-refractivity contribution is -0.164. The average molecular weight is 315 g/mol. The molecule has 9 heteroatoms. The molecule has 7 nitrogen and oxygen atoms in total. The van der Waals surface area contributed by atoms with E-state index in [9.17, 15) is 22.8 Å². The Morgan fingerprint density at radius 1 is 1.20 bits per heavy atom. The van der Waals surface area contributed by atoms with E-state index in [1.807, 2.05) is 0 Å². The van der Waals surface area contributed by atoms with Gasteiger partial charge in [0.05, 0.1) is 11.1 Å². The summed E-state index contributed by atoms with van der Waals surface area (Å²) in [6, 6.07) is 6.03. The highest BCUT2D eigenvalue weighted by atomic mass is 33.1. The van der Waals surface area contributed by atoms with E-state index in [0.29, 0.717) is 15.9 Å². The molecule has 0 saturated carbocycles. The number of carbonyl (C=O) groups excluding carboxylic acids is 3. The number of imide groups is 1. The summed E-state index contributed by atoms with van der Waals surface area (Å²) in [5.74, 6) is -2.99. The molecule has 0 spiro atoms. The molecule has 0 aromatic heterocycles. The molecule has 1 aliphatic heterocycles. The van der Waals surface area contributed by atoms with Crippen molar-refractivity contribution in [1.29, 1.82) is 0 Å². The lowest BCUT2D eigenvalue weighted by atomic mass is 10.1. The van der Waals surface area contributed by atoms with E-state index >= 15 is 0 Å². The summed E-state index contributed by atoms with van der Waals surface area (Å²) in [6.45, 7) is 0. The Kier molecular flexibility index (Phi) is 3.82. The standard InChI is InChI=1S/C11H9NO6S2/c1-20(16,17)19-6-9(13)18-12-10(14)7-4-2-3-5-8(7)11(12)15/h2-5H,6H2,1H3. The van der Waals surface area contributed by atoms with Crippen molar-refractivity contribution < 1.29 is 27.6 Å². The zero-order chi connectivity index (χ0) is 14.9. The molecule has 1 heterocycles. The predicted molar refractivity (Wildman–Crippen MR) is 70.3 cm³/mol. The van der Waals surface area contributed by atoms with Gasteiger partial charge in [-0.2, -0.15) is 0 Å². The van der Waals surface area contributed by atoms with Gasteiger partial charge >= 0.3 is 5.97 Å². The molecular weight excluding hydrogens is 306 g/mol. The second kappa shape index (κ2) is 5.25. The van der Waals surface area contributed by atoms with Gasteiger partial charge in [0, 0.05) is 6.26 Å². The molecule has 2 amide bonds. The summed E-state index contributed by atoms with van der Waals surface area (Å²) in [7, 11) is -3.05. The van der Waals surface area contributed by atoms with Gasteiger partial charge < -0.3 is 4.84 Å². The second-order valence-corrected chi connectivity index (χ2v) is 8.34. The van der Waals surface area contributed by atoms with E-state index in [1.54, 1.807) is 12.1 Å². The van der Waals surface area contributed by atoms with Gasteiger partial charge in [0.25, 0.3) is 11.8 Å². The Bertz CT molecular complexity index is 662. The van der Waals surface area contributed by atoms with Crippen LogP contribution in [0.1, 0.15) is 20.7 Å². The first-order valence-corrected chi connectivity index (χ1v) is 8.72. The maximum atomic E-state index is 11.8. The minimum absolute atomic E-state index is 0.140. The topological polar surface area (TPSA) is 97.8 Å². The van der Waals surface area contributed by atoms with Gasteiger partial charge in [0.1, 0.15) is 5.75 Å². The number of carbonyl (C=O) groups is 3. The number of benzene rings is 1. The first-order valence-electron chi connectivity index (χ1n) is 5.32. The molecule has 106 valence electrons. The Balaban J connectivity index is 2.07. The van der Waals surface area contributed by atoms with Gasteiger partial charge in [-0.05, 0) is 22.9 Å². The quantitative estimate of drug-likeness (QED) is 0.587. The molecular formula is C11H9NO6S2. The molecule has 0 N–H and O–H groups in total. The third-order valence-electron chi connectivity index (χ3n) is 2.34. The van der Waals surface area contributed by atoms with Crippen LogP contribution in [0.15, 0.2) is 24.3 Å². The van der Waals surface area contributed by atoms with Crippen LogP contribution in [0.4, 0.5) is 0 Å². The lowest BCUT2D eigenvalue weighted by Gasteiger charge is -2.12. The summed E-state index contributed by atoms with van der Waals surface area (Å²) in [5, 5.41) is 0.343. The number of hydrogen-bond donors (Lipinski definition) is 0. The Morgan fingerprint density at radius 2 is 1.70 bits per heavy atom. The molecule has 0 aliphatic carbocycles. The van der Waals surface area contributed by atoms with Crippen LogP contribution in [-0.2, 0) is 18.5 Å². The molecule has 0 fully saturated rings. The molecule has 1 aromatic carbocycles. The van der Waals surface area contributed by atoms with Crippen LogP contribution in [0.25, 0.3) is 0 Å². The summed E-state index contributed by atoms with van der Waals surface area (Å²) < 4.78 is 21.8. The third kappa shape index (κ3) is 2.99. The zero-order valence-corrected chi connectivity index (χ0v) is 11.9. The summed E-state index contributed by atoms with van der Waals surface area (Å²) in [5.41, 5.74) is 0.280. The Hall–Kier alpha value is -1.87. The SMILES string of the molecule is CS(=O)(=O)SCC(=O)ON1C(=O)c2ccccc2C1=O. The van der Waals surface area contributed by atoms with E-state index in [0.717, 1.165) is 6.26 Å². The van der Waals surface area contributed by atoms with Crippen molar-refractivity contribution >= 4 is 37.4 Å². The van der Waals surface area contributed by atoms with Crippen molar-refractivity contribution in [1.82, 2.24) is 5.06 Å². The summed E-state index contributed by atoms with van der Waals surface area (Å²) >= 11 is 0. The monoisotopic (exact) mass is 315 g/mol. The highest BCUT2D eigenvalue weighted by molar-refractivity contribution is 8.72. The molecule has 20 heavy (non-hydrogen) atoms. The van der Waals surface area contributed by atoms with Crippen molar-refractivity contribution in [2.75, 3.05) is 12.0 Å². The van der Waals surface area contributed by atoms with E-state index in [-0.39, 0.29) is 11.1 Å². The molecule has 0 atom stereocenters. The smallest absolute Gasteiger partial charge is 0.329 e. The Labute approximate surface area is 118 Å². The van der Waals surface area contributed by atoms with E-state index in [4.69, 9.17) is 0 Å². The van der Waals surface area contributed by atoms with E-state index < -0.39 is 32.4 Å². The van der Waals surface area contributed by atoms with E-state index in [1.165, 1.54) is 12.1 Å². The average Bonchev–Trinajstić information content (AvgIpc) is 2.62. The number of nitrogens with zero attached hydrogens (tertiary/aromatic N) is 1. The van der Waals surface area contributed by atoms with Crippen LogP contribution in [0, 0.1) is 0 Å². The first kappa shape index (κ1) is 14.5. The molecule has 1 aliphatic rings. The van der Waals surface area contributed by atoms with Crippen molar-refractivity contribution in [3.8, 4) is 0 Å². The summed E-state index contributed by atoms with van der Waals surface area (Å²) in [6.07, 6.45) is 0.937. The number of amides is 2. The predicted octanol–water partition coefficient (Wildman–Crippen LogP) is 0.434. The van der Waals surface area contributed by atoms with Gasteiger partial charge in [-0.15, -0.1) is 0 Å². The van der Waals surface area contributed by atoms with E-state index in [2.05, 4.69) is 4.84 Å². The number of fused-ring (bicyclic) bond motifs is 1. The van der Waals surface area contributed by atoms with Crippen LogP contribution in [0.3, 0.4) is 0 Å². The number of hydroxylamine groups is 2. The highest BCUT2D eigenvalue weighted by Gasteiger charge is 2.38. The largest absolute Gasteiger partial charge is 0.344 e. The maximum absolute atomic E-state index is 11.8. The minimum Gasteiger partial charge on any atom is -0.329 e. The highest BCUT2D eigenvalue weighted by Crippen LogP contribution is 2.23. The Morgan fingerprint density at radius 3 is 2.15 bits per heavy atom. The van der Waals surface area contributed by atoms with Gasteiger partial charge in [0.2, 0.25) is 0 Å². The molecule has 0 unspecified atom stereocenters. The van der Waals surface area contributed by atoms with Crippen molar-refractivity contribution in [2.45, 2.75) is 0 Å². The van der Waals surface area contributed by atoms with Crippen LogP contribution in [0.5, 0.6) is 0 Å². The van der Waals surface area contributed by atoms with Crippen LogP contribution in [-0.4, -0.2) is 43.3 Å². The van der Waals surface area contributed by atoms with Crippen molar-refractivity contribution in [3.63, 3.8) is 0 Å². The van der Waals surface area contributed by atoms with Gasteiger partial charge in [0.15, 0.2) is 8.87 Å². The minimum atomic E-state index is -3.41. The van der Waals surface area contributed by atoms with Crippen molar-refractivity contribution in [2.24, 2.45) is 0 Å². The fourth-order valence-electron chi connectivity index (χ4n) is 1.53. The lowest BCUT2D eigenvalue weighted by Crippen LogP contribution is -2.33. The molecule has 0 saturated heterocycles. The van der Waals surface area contributed by atoms with Crippen LogP contribution in [0.2, 0.25) is 0 Å². The molecule has 1 aromatic rings. The summed E-state index contributed by atoms with van der Waals surface area (Å²) in [4.78, 5) is 39.8. The molecule has 0 radical (unpaired) electrons. The van der Waals surface area contributed by atoms with Gasteiger partial charge in [-0.1, -0.05) is 17.2 Å².